The average Bonchev–Trinajstić information content (AvgIpc) is 2.55. The van der Waals surface area contributed by atoms with Crippen molar-refractivity contribution in [1.29, 1.82) is 0 Å². The lowest BCUT2D eigenvalue weighted by atomic mass is 10.1. The molecule has 2 aromatic carbocycles. The van der Waals surface area contributed by atoms with Crippen LogP contribution in [0, 0.1) is 10.1 Å². The van der Waals surface area contributed by atoms with E-state index < -0.39 is 11.0 Å². The number of nitrogens with one attached hydrogen (secondary N) is 2. The Hall–Kier alpha value is -3.22. The van der Waals surface area contributed by atoms with E-state index in [1.807, 2.05) is 30.3 Å². The summed E-state index contributed by atoms with van der Waals surface area (Å²) >= 11 is 0. The van der Waals surface area contributed by atoms with Crippen LogP contribution in [0.2, 0.25) is 0 Å². The number of amides is 2. The molecule has 124 valence electrons. The van der Waals surface area contributed by atoms with Crippen molar-refractivity contribution in [3.05, 3.63) is 70.3 Å². The van der Waals surface area contributed by atoms with Crippen LogP contribution in [0.15, 0.2) is 54.6 Å². The minimum atomic E-state index is -0.736. The number of benzene rings is 2. The highest BCUT2D eigenvalue weighted by Crippen LogP contribution is 2.16. The molecule has 0 radical (unpaired) electrons. The second kappa shape index (κ2) is 7.87. The summed E-state index contributed by atoms with van der Waals surface area (Å²) in [5, 5.41) is 15.9. The zero-order valence-electron chi connectivity index (χ0n) is 13.1. The molecule has 0 bridgehead atoms. The average molecular weight is 327 g/mol. The Labute approximate surface area is 138 Å². The van der Waals surface area contributed by atoms with Crippen molar-refractivity contribution in [3.63, 3.8) is 0 Å². The summed E-state index contributed by atoms with van der Waals surface area (Å²) < 4.78 is 0. The molecular formula is C17H17N3O4. The Kier molecular flexibility index (Phi) is 5.62. The molecule has 24 heavy (non-hydrogen) atoms. The zero-order chi connectivity index (χ0) is 17.5. The topological polar surface area (TPSA) is 101 Å². The van der Waals surface area contributed by atoms with Crippen LogP contribution in [0.3, 0.4) is 0 Å². The van der Waals surface area contributed by atoms with Crippen LogP contribution in [0.1, 0.15) is 12.5 Å². The van der Waals surface area contributed by atoms with Crippen LogP contribution in [0.25, 0.3) is 0 Å². The Balaban J connectivity index is 2.09. The summed E-state index contributed by atoms with van der Waals surface area (Å²) in [5.41, 5.74) is 1.28. The molecule has 0 unspecified atom stereocenters. The lowest BCUT2D eigenvalue weighted by Crippen LogP contribution is -2.44. The summed E-state index contributed by atoms with van der Waals surface area (Å²) in [6.07, 6.45) is 0.346. The first-order valence-corrected chi connectivity index (χ1v) is 7.32. The van der Waals surface area contributed by atoms with E-state index in [1.54, 1.807) is 0 Å². The second-order valence-electron chi connectivity index (χ2n) is 5.24. The van der Waals surface area contributed by atoms with Gasteiger partial charge in [0.15, 0.2) is 0 Å². The fourth-order valence-corrected chi connectivity index (χ4v) is 2.20. The molecule has 0 fully saturated rings. The molecule has 1 atom stereocenters. The number of nitro groups is 1. The monoisotopic (exact) mass is 327 g/mol. The van der Waals surface area contributed by atoms with Crippen molar-refractivity contribution in [3.8, 4) is 0 Å². The maximum atomic E-state index is 12.4. The van der Waals surface area contributed by atoms with Crippen LogP contribution in [0.4, 0.5) is 11.4 Å². The minimum Gasteiger partial charge on any atom is -0.344 e. The predicted octanol–water partition coefficient (Wildman–Crippen LogP) is 2.28. The van der Waals surface area contributed by atoms with Crippen LogP contribution in [-0.2, 0) is 16.0 Å². The summed E-state index contributed by atoms with van der Waals surface area (Å²) in [4.78, 5) is 33.9. The third-order valence-corrected chi connectivity index (χ3v) is 3.32. The van der Waals surface area contributed by atoms with Gasteiger partial charge in [0, 0.05) is 31.2 Å². The molecule has 2 rings (SSSR count). The van der Waals surface area contributed by atoms with Gasteiger partial charge in [-0.25, -0.2) is 0 Å². The number of nitro benzene ring substituents is 1. The fraction of sp³-hybridized carbons (Fsp3) is 0.176. The van der Waals surface area contributed by atoms with E-state index in [0.29, 0.717) is 12.1 Å². The van der Waals surface area contributed by atoms with Crippen LogP contribution < -0.4 is 10.6 Å². The maximum Gasteiger partial charge on any atom is 0.269 e. The number of non-ortho nitro benzene ring substituents is 1. The van der Waals surface area contributed by atoms with Crippen molar-refractivity contribution < 1.29 is 14.5 Å². The van der Waals surface area contributed by atoms with Gasteiger partial charge in [0.25, 0.3) is 5.69 Å². The van der Waals surface area contributed by atoms with Gasteiger partial charge >= 0.3 is 0 Å². The zero-order valence-corrected chi connectivity index (χ0v) is 13.1. The molecule has 0 heterocycles. The van der Waals surface area contributed by atoms with E-state index in [0.717, 1.165) is 5.56 Å². The molecule has 2 N–H and O–H groups in total. The molecule has 7 heteroatoms. The number of carbonyl (C=O) groups is 2. The maximum absolute atomic E-state index is 12.4. The van der Waals surface area contributed by atoms with Gasteiger partial charge in [-0.05, 0) is 17.7 Å². The Morgan fingerprint density at radius 3 is 2.25 bits per heavy atom. The number of nitrogens with zero attached hydrogens (tertiary/aromatic N) is 1. The quantitative estimate of drug-likeness (QED) is 0.627. The Bertz CT molecular complexity index is 729. The van der Waals surface area contributed by atoms with Gasteiger partial charge in [-0.15, -0.1) is 0 Å². The molecule has 7 nitrogen and oxygen atoms in total. The largest absolute Gasteiger partial charge is 0.344 e. The lowest BCUT2D eigenvalue weighted by Gasteiger charge is -2.17. The normalized spacial score (nSPS) is 11.4. The fourth-order valence-electron chi connectivity index (χ4n) is 2.20. The first-order valence-electron chi connectivity index (χ1n) is 7.32. The van der Waals surface area contributed by atoms with Crippen molar-refractivity contribution in [2.45, 2.75) is 19.4 Å². The molecule has 0 aliphatic heterocycles. The van der Waals surface area contributed by atoms with Gasteiger partial charge in [0.2, 0.25) is 11.8 Å². The first kappa shape index (κ1) is 17.1. The van der Waals surface area contributed by atoms with E-state index in [2.05, 4.69) is 10.6 Å². The first-order chi connectivity index (χ1) is 11.5. The van der Waals surface area contributed by atoms with Crippen LogP contribution >= 0.6 is 0 Å². The summed E-state index contributed by atoms with van der Waals surface area (Å²) in [5.74, 6) is -0.697. The number of hydrogen-bond donors (Lipinski definition) is 2. The smallest absolute Gasteiger partial charge is 0.269 e. The summed E-state index contributed by atoms with van der Waals surface area (Å²) in [6, 6.07) is 14.1. The van der Waals surface area contributed by atoms with Gasteiger partial charge < -0.3 is 10.6 Å². The highest BCUT2D eigenvalue weighted by atomic mass is 16.6. The Morgan fingerprint density at radius 2 is 1.71 bits per heavy atom. The van der Waals surface area contributed by atoms with Gasteiger partial charge in [-0.2, -0.15) is 0 Å². The van der Waals surface area contributed by atoms with Gasteiger partial charge in [-0.1, -0.05) is 30.3 Å². The van der Waals surface area contributed by atoms with E-state index in [-0.39, 0.29) is 17.5 Å². The molecule has 2 amide bonds. The molecule has 0 aliphatic rings. The standard InChI is InChI=1S/C17H17N3O4/c1-12(21)18-16(11-13-5-3-2-4-6-13)17(22)19-14-7-9-15(10-8-14)20(23)24/h2-10,16H,11H2,1H3,(H,18,21)(H,19,22)/t16-/m1/s1. The number of hydrogen-bond acceptors (Lipinski definition) is 4. The highest BCUT2D eigenvalue weighted by molar-refractivity contribution is 5.97. The lowest BCUT2D eigenvalue weighted by molar-refractivity contribution is -0.384. The molecule has 0 saturated heterocycles. The predicted molar refractivity (Wildman–Crippen MR) is 89.5 cm³/mol. The molecule has 0 aromatic heterocycles. The molecule has 0 spiro atoms. The molecule has 2 aromatic rings. The summed E-state index contributed by atoms with van der Waals surface area (Å²) in [6.45, 7) is 1.34. The van der Waals surface area contributed by atoms with E-state index in [4.69, 9.17) is 0 Å². The third-order valence-electron chi connectivity index (χ3n) is 3.32. The molecular weight excluding hydrogens is 310 g/mol. The number of rotatable bonds is 6. The van der Waals surface area contributed by atoms with Gasteiger partial charge in [0.05, 0.1) is 4.92 Å². The Morgan fingerprint density at radius 1 is 1.08 bits per heavy atom. The van der Waals surface area contributed by atoms with E-state index in [9.17, 15) is 19.7 Å². The minimum absolute atomic E-state index is 0.0595. The van der Waals surface area contributed by atoms with Gasteiger partial charge in [-0.3, -0.25) is 19.7 Å². The van der Waals surface area contributed by atoms with E-state index in [1.165, 1.54) is 31.2 Å². The summed E-state index contributed by atoms with van der Waals surface area (Å²) in [7, 11) is 0. The van der Waals surface area contributed by atoms with Crippen molar-refractivity contribution in [2.75, 3.05) is 5.32 Å². The van der Waals surface area contributed by atoms with Crippen molar-refractivity contribution >= 4 is 23.2 Å². The van der Waals surface area contributed by atoms with Crippen molar-refractivity contribution in [1.82, 2.24) is 5.32 Å². The van der Waals surface area contributed by atoms with Gasteiger partial charge in [0.1, 0.15) is 6.04 Å². The number of carbonyl (C=O) groups excluding carboxylic acids is 2. The highest BCUT2D eigenvalue weighted by Gasteiger charge is 2.20. The third kappa shape index (κ3) is 4.91. The second-order valence-corrected chi connectivity index (χ2v) is 5.24. The van der Waals surface area contributed by atoms with E-state index >= 15 is 0 Å². The SMILES string of the molecule is CC(=O)N[C@H](Cc1ccccc1)C(=O)Nc1ccc([N+](=O)[O-])cc1. The van der Waals surface area contributed by atoms with Crippen molar-refractivity contribution in [2.24, 2.45) is 0 Å². The van der Waals surface area contributed by atoms with Crippen LogP contribution in [0.5, 0.6) is 0 Å². The van der Waals surface area contributed by atoms with Crippen LogP contribution in [-0.4, -0.2) is 22.8 Å². The molecule has 0 aliphatic carbocycles. The number of anilines is 1. The molecule has 0 saturated carbocycles.